The molecule has 5 heteroatoms. The number of aromatic amines is 1. The van der Waals surface area contributed by atoms with Gasteiger partial charge in [-0.2, -0.15) is 0 Å². The van der Waals surface area contributed by atoms with Gasteiger partial charge >= 0.3 is 0 Å². The van der Waals surface area contributed by atoms with Crippen LogP contribution in [-0.2, 0) is 5.88 Å². The monoisotopic (exact) mass is 284 g/mol. The Morgan fingerprint density at radius 1 is 1.73 bits per heavy atom. The van der Waals surface area contributed by atoms with Crippen LogP contribution in [-0.4, -0.2) is 9.97 Å². The second-order valence-corrected chi connectivity index (χ2v) is 3.39. The predicted molar refractivity (Wildman–Crippen MR) is 51.9 cm³/mol. The van der Waals surface area contributed by atoms with Gasteiger partial charge in [-0.3, -0.25) is 4.79 Å². The number of nitrogens with one attached hydrogen (secondary N) is 1. The van der Waals surface area contributed by atoms with E-state index in [-0.39, 0.29) is 11.4 Å². The van der Waals surface area contributed by atoms with E-state index in [9.17, 15) is 4.79 Å². The van der Waals surface area contributed by atoms with E-state index < -0.39 is 0 Å². The lowest BCUT2D eigenvalue weighted by Crippen LogP contribution is -2.15. The molecule has 0 saturated heterocycles. The number of alkyl halides is 1. The largest absolute Gasteiger partial charge is 0.309 e. The van der Waals surface area contributed by atoms with Crippen LogP contribution in [0.25, 0.3) is 0 Å². The predicted octanol–water partition coefficient (Wildman–Crippen LogP) is 1.42. The number of hydrogen-bond donors (Lipinski definition) is 1. The van der Waals surface area contributed by atoms with Crippen LogP contribution in [0.1, 0.15) is 11.5 Å². The highest BCUT2D eigenvalue weighted by Gasteiger charge is 2.02. The first kappa shape index (κ1) is 8.99. The van der Waals surface area contributed by atoms with E-state index in [0.717, 1.165) is 5.69 Å². The Morgan fingerprint density at radius 3 is 2.82 bits per heavy atom. The first-order valence-electron chi connectivity index (χ1n) is 2.96. The molecule has 0 fully saturated rings. The molecular weight excluding hydrogens is 278 g/mol. The van der Waals surface area contributed by atoms with Crippen molar-refractivity contribution >= 4 is 34.2 Å². The van der Waals surface area contributed by atoms with Crippen LogP contribution in [0.5, 0.6) is 0 Å². The minimum absolute atomic E-state index is 0.117. The fourth-order valence-corrected chi connectivity index (χ4v) is 1.08. The molecule has 3 nitrogen and oxygen atoms in total. The molecule has 1 heterocycles. The van der Waals surface area contributed by atoms with Crippen LogP contribution in [0.3, 0.4) is 0 Å². The summed E-state index contributed by atoms with van der Waals surface area (Å²) in [6.45, 7) is 1.78. The highest BCUT2D eigenvalue weighted by atomic mass is 127. The van der Waals surface area contributed by atoms with E-state index in [2.05, 4.69) is 9.97 Å². The van der Waals surface area contributed by atoms with Crippen LogP contribution >= 0.6 is 34.2 Å². The van der Waals surface area contributed by atoms with Crippen molar-refractivity contribution in [2.45, 2.75) is 12.8 Å². The van der Waals surface area contributed by atoms with Crippen LogP contribution in [0.15, 0.2) is 4.79 Å². The zero-order valence-electron chi connectivity index (χ0n) is 5.82. The third-order valence-electron chi connectivity index (χ3n) is 1.20. The fraction of sp³-hybridized carbons (Fsp3) is 0.333. The molecule has 0 aliphatic heterocycles. The van der Waals surface area contributed by atoms with Crippen molar-refractivity contribution in [2.24, 2.45) is 0 Å². The highest BCUT2D eigenvalue weighted by molar-refractivity contribution is 14.1. The van der Waals surface area contributed by atoms with Crippen molar-refractivity contribution in [3.05, 3.63) is 25.4 Å². The normalized spacial score (nSPS) is 10.1. The summed E-state index contributed by atoms with van der Waals surface area (Å²) in [6.07, 6.45) is 0. The van der Waals surface area contributed by atoms with Gasteiger partial charge < -0.3 is 4.98 Å². The van der Waals surface area contributed by atoms with Gasteiger partial charge in [-0.05, 0) is 29.5 Å². The average molecular weight is 284 g/mol. The number of H-pyrrole nitrogens is 1. The van der Waals surface area contributed by atoms with Gasteiger partial charge in [0.05, 0.1) is 15.1 Å². The van der Waals surface area contributed by atoms with Gasteiger partial charge in [-0.25, -0.2) is 4.98 Å². The second kappa shape index (κ2) is 3.53. The first-order valence-corrected chi connectivity index (χ1v) is 4.57. The Bertz CT molecular complexity index is 323. The molecule has 0 aliphatic carbocycles. The maximum Gasteiger partial charge on any atom is 0.264 e. The summed E-state index contributed by atoms with van der Waals surface area (Å²) in [5.41, 5.74) is 0.610. The van der Waals surface area contributed by atoms with Crippen LogP contribution in [0.2, 0.25) is 0 Å². The zero-order valence-corrected chi connectivity index (χ0v) is 8.73. The molecular formula is C6H6ClIN2O. The van der Waals surface area contributed by atoms with Gasteiger partial charge in [0.15, 0.2) is 0 Å². The number of hydrogen-bond acceptors (Lipinski definition) is 2. The summed E-state index contributed by atoms with van der Waals surface area (Å²) in [5, 5.41) is 0. The average Bonchev–Trinajstić information content (AvgIpc) is 1.99. The standard InChI is InChI=1S/C6H6ClIN2O/c1-3-5(8)6(11)10-4(2-7)9-3/h2H2,1H3,(H,9,10,11). The van der Waals surface area contributed by atoms with Crippen LogP contribution in [0, 0.1) is 10.5 Å². The van der Waals surface area contributed by atoms with Crippen LogP contribution in [0.4, 0.5) is 0 Å². The summed E-state index contributed by atoms with van der Waals surface area (Å²) >= 11 is 7.44. The van der Waals surface area contributed by atoms with Crippen molar-refractivity contribution in [3.8, 4) is 0 Å². The van der Waals surface area contributed by atoms with E-state index in [1.54, 1.807) is 6.92 Å². The van der Waals surface area contributed by atoms with Gasteiger partial charge in [-0.15, -0.1) is 11.6 Å². The fourth-order valence-electron chi connectivity index (χ4n) is 0.693. The van der Waals surface area contributed by atoms with E-state index in [0.29, 0.717) is 9.39 Å². The number of aromatic nitrogens is 2. The summed E-state index contributed by atoms with van der Waals surface area (Å²) in [5.74, 6) is 0.766. The molecule has 0 unspecified atom stereocenters. The van der Waals surface area contributed by atoms with Gasteiger partial charge in [0, 0.05) is 0 Å². The summed E-state index contributed by atoms with van der Waals surface area (Å²) in [7, 11) is 0. The maximum absolute atomic E-state index is 11.1. The first-order chi connectivity index (χ1) is 5.15. The Kier molecular flexibility index (Phi) is 2.89. The van der Waals surface area contributed by atoms with Crippen molar-refractivity contribution < 1.29 is 0 Å². The van der Waals surface area contributed by atoms with Gasteiger partial charge in [-0.1, -0.05) is 0 Å². The minimum Gasteiger partial charge on any atom is -0.309 e. The van der Waals surface area contributed by atoms with Crippen molar-refractivity contribution in [1.29, 1.82) is 0 Å². The van der Waals surface area contributed by atoms with E-state index in [1.807, 2.05) is 22.6 Å². The third kappa shape index (κ3) is 1.93. The SMILES string of the molecule is Cc1nc(CCl)[nH]c(=O)c1I. The minimum atomic E-state index is -0.117. The lowest BCUT2D eigenvalue weighted by Gasteiger charge is -1.98. The highest BCUT2D eigenvalue weighted by Crippen LogP contribution is 2.02. The number of halogens is 2. The topological polar surface area (TPSA) is 45.8 Å². The lowest BCUT2D eigenvalue weighted by atomic mass is 10.4. The smallest absolute Gasteiger partial charge is 0.264 e. The third-order valence-corrected chi connectivity index (χ3v) is 2.73. The van der Waals surface area contributed by atoms with E-state index in [1.165, 1.54) is 0 Å². The number of rotatable bonds is 1. The second-order valence-electron chi connectivity index (χ2n) is 2.05. The Labute approximate surface area is 82.3 Å². The van der Waals surface area contributed by atoms with Crippen LogP contribution < -0.4 is 5.56 Å². The molecule has 11 heavy (non-hydrogen) atoms. The van der Waals surface area contributed by atoms with Crippen molar-refractivity contribution in [1.82, 2.24) is 9.97 Å². The molecule has 0 atom stereocenters. The Balaban J connectivity index is 3.32. The number of nitrogens with zero attached hydrogens (tertiary/aromatic N) is 1. The molecule has 0 radical (unpaired) electrons. The molecule has 0 saturated carbocycles. The molecule has 1 rings (SSSR count). The Morgan fingerprint density at radius 2 is 2.36 bits per heavy atom. The molecule has 60 valence electrons. The zero-order chi connectivity index (χ0) is 8.43. The maximum atomic E-state index is 11.1. The molecule has 0 aromatic carbocycles. The summed E-state index contributed by atoms with van der Waals surface area (Å²) in [6, 6.07) is 0. The van der Waals surface area contributed by atoms with Gasteiger partial charge in [0.25, 0.3) is 5.56 Å². The summed E-state index contributed by atoms with van der Waals surface area (Å²) < 4.78 is 0.622. The molecule has 0 spiro atoms. The molecule has 1 aromatic rings. The molecule has 0 amide bonds. The van der Waals surface area contributed by atoms with E-state index in [4.69, 9.17) is 11.6 Å². The quantitative estimate of drug-likeness (QED) is 0.626. The van der Waals surface area contributed by atoms with Gasteiger partial charge in [0.2, 0.25) is 0 Å². The van der Waals surface area contributed by atoms with Crippen molar-refractivity contribution in [3.63, 3.8) is 0 Å². The lowest BCUT2D eigenvalue weighted by molar-refractivity contribution is 0.950. The Hall–Kier alpha value is -0.100. The van der Waals surface area contributed by atoms with Gasteiger partial charge in [0.1, 0.15) is 5.82 Å². The molecule has 1 aromatic heterocycles. The molecule has 0 aliphatic rings. The number of aryl methyl sites for hydroxylation is 1. The van der Waals surface area contributed by atoms with E-state index >= 15 is 0 Å². The van der Waals surface area contributed by atoms with Crippen molar-refractivity contribution in [2.75, 3.05) is 0 Å². The molecule has 0 bridgehead atoms. The summed E-state index contributed by atoms with van der Waals surface area (Å²) in [4.78, 5) is 17.7. The molecule has 1 N–H and O–H groups in total.